The van der Waals surface area contributed by atoms with Crippen LogP contribution in [-0.4, -0.2) is 18.0 Å². The standard InChI is InChI=1S/C17H15NO5/c1-22-17(19)11-6-13-4-9-16(10-5-13)23-12-14-2-7-15(8-3-14)18(20)21/h2-11H,12H2,1H3/b11-6+. The average molecular weight is 313 g/mol. The molecule has 0 atom stereocenters. The molecule has 118 valence electrons. The van der Waals surface area contributed by atoms with Gasteiger partial charge in [0, 0.05) is 18.2 Å². The number of nitro groups is 1. The summed E-state index contributed by atoms with van der Waals surface area (Å²) in [6.07, 6.45) is 2.98. The van der Waals surface area contributed by atoms with Gasteiger partial charge in [-0.1, -0.05) is 12.1 Å². The molecule has 0 bridgehead atoms. The molecule has 0 heterocycles. The van der Waals surface area contributed by atoms with Gasteiger partial charge in [0.25, 0.3) is 5.69 Å². The lowest BCUT2D eigenvalue weighted by Gasteiger charge is -2.06. The van der Waals surface area contributed by atoms with Crippen LogP contribution >= 0.6 is 0 Å². The lowest BCUT2D eigenvalue weighted by Crippen LogP contribution is -1.96. The maximum Gasteiger partial charge on any atom is 0.330 e. The Kier molecular flexibility index (Phi) is 5.46. The predicted molar refractivity (Wildman–Crippen MR) is 84.9 cm³/mol. The first kappa shape index (κ1) is 16.2. The Bertz CT molecular complexity index is 705. The first-order valence-corrected chi connectivity index (χ1v) is 6.81. The predicted octanol–water partition coefficient (Wildman–Crippen LogP) is 3.36. The van der Waals surface area contributed by atoms with E-state index in [-0.39, 0.29) is 5.69 Å². The number of esters is 1. The fourth-order valence-corrected chi connectivity index (χ4v) is 1.79. The highest BCUT2D eigenvalue weighted by Gasteiger charge is 2.04. The molecule has 0 fully saturated rings. The summed E-state index contributed by atoms with van der Waals surface area (Å²) in [4.78, 5) is 21.1. The number of hydrogen-bond donors (Lipinski definition) is 0. The number of carbonyl (C=O) groups excluding carboxylic acids is 1. The number of hydrogen-bond acceptors (Lipinski definition) is 5. The van der Waals surface area contributed by atoms with Crippen molar-refractivity contribution in [2.45, 2.75) is 6.61 Å². The van der Waals surface area contributed by atoms with Gasteiger partial charge in [0.1, 0.15) is 12.4 Å². The summed E-state index contributed by atoms with van der Waals surface area (Å²) >= 11 is 0. The fraction of sp³-hybridized carbons (Fsp3) is 0.118. The maximum atomic E-state index is 11.0. The van der Waals surface area contributed by atoms with Crippen LogP contribution in [0.15, 0.2) is 54.6 Å². The van der Waals surface area contributed by atoms with E-state index in [2.05, 4.69) is 4.74 Å². The van der Waals surface area contributed by atoms with Crippen molar-refractivity contribution in [3.8, 4) is 5.75 Å². The summed E-state index contributed by atoms with van der Waals surface area (Å²) in [5.41, 5.74) is 1.74. The summed E-state index contributed by atoms with van der Waals surface area (Å²) in [5.74, 6) is 0.252. The highest BCUT2D eigenvalue weighted by atomic mass is 16.6. The third kappa shape index (κ3) is 4.96. The molecule has 6 nitrogen and oxygen atoms in total. The summed E-state index contributed by atoms with van der Waals surface area (Å²) in [7, 11) is 1.32. The van der Waals surface area contributed by atoms with Crippen molar-refractivity contribution in [2.24, 2.45) is 0 Å². The number of non-ortho nitro benzene ring substituents is 1. The van der Waals surface area contributed by atoms with Gasteiger partial charge < -0.3 is 9.47 Å². The van der Waals surface area contributed by atoms with Gasteiger partial charge in [0.05, 0.1) is 12.0 Å². The van der Waals surface area contributed by atoms with Gasteiger partial charge >= 0.3 is 5.97 Å². The van der Waals surface area contributed by atoms with Gasteiger partial charge in [-0.3, -0.25) is 10.1 Å². The monoisotopic (exact) mass is 313 g/mol. The fourth-order valence-electron chi connectivity index (χ4n) is 1.79. The van der Waals surface area contributed by atoms with Crippen LogP contribution in [0.3, 0.4) is 0 Å². The molecule has 0 N–H and O–H groups in total. The van der Waals surface area contributed by atoms with Gasteiger partial charge in [0.15, 0.2) is 0 Å². The number of nitrogens with zero attached hydrogens (tertiary/aromatic N) is 1. The largest absolute Gasteiger partial charge is 0.489 e. The highest BCUT2D eigenvalue weighted by Crippen LogP contribution is 2.17. The topological polar surface area (TPSA) is 78.7 Å². The molecule has 0 aliphatic rings. The minimum absolute atomic E-state index is 0.0514. The Morgan fingerprint density at radius 2 is 1.78 bits per heavy atom. The number of carbonyl (C=O) groups is 1. The quantitative estimate of drug-likeness (QED) is 0.353. The Morgan fingerprint density at radius 1 is 1.13 bits per heavy atom. The molecular formula is C17H15NO5. The van der Waals surface area contributed by atoms with Gasteiger partial charge in [-0.2, -0.15) is 0 Å². The zero-order valence-electron chi connectivity index (χ0n) is 12.5. The molecule has 0 amide bonds. The van der Waals surface area contributed by atoms with Crippen LogP contribution in [-0.2, 0) is 16.1 Å². The van der Waals surface area contributed by atoms with E-state index in [1.165, 1.54) is 25.3 Å². The number of rotatable bonds is 6. The summed E-state index contributed by atoms with van der Waals surface area (Å²) in [5, 5.41) is 10.6. The minimum Gasteiger partial charge on any atom is -0.489 e. The summed E-state index contributed by atoms with van der Waals surface area (Å²) in [6, 6.07) is 13.4. The van der Waals surface area contributed by atoms with E-state index in [0.29, 0.717) is 12.4 Å². The number of benzene rings is 2. The van der Waals surface area contributed by atoms with Crippen LogP contribution in [0.1, 0.15) is 11.1 Å². The van der Waals surface area contributed by atoms with Crippen molar-refractivity contribution >= 4 is 17.7 Å². The lowest BCUT2D eigenvalue weighted by atomic mass is 10.2. The number of methoxy groups -OCH3 is 1. The van der Waals surface area contributed by atoms with Crippen LogP contribution in [0.5, 0.6) is 5.75 Å². The van der Waals surface area contributed by atoms with E-state index in [1.54, 1.807) is 30.3 Å². The molecule has 2 aromatic carbocycles. The van der Waals surface area contributed by atoms with E-state index in [4.69, 9.17) is 4.74 Å². The van der Waals surface area contributed by atoms with Gasteiger partial charge in [-0.25, -0.2) is 4.79 Å². The molecule has 0 spiro atoms. The molecule has 0 radical (unpaired) electrons. The minimum atomic E-state index is -0.439. The SMILES string of the molecule is COC(=O)/C=C/c1ccc(OCc2ccc([N+](=O)[O-])cc2)cc1. The second-order valence-electron chi connectivity index (χ2n) is 4.64. The molecule has 2 rings (SSSR count). The van der Waals surface area contributed by atoms with E-state index >= 15 is 0 Å². The molecule has 0 aliphatic carbocycles. The first-order chi connectivity index (χ1) is 11.1. The van der Waals surface area contributed by atoms with Crippen molar-refractivity contribution < 1.29 is 19.2 Å². The van der Waals surface area contributed by atoms with Crippen molar-refractivity contribution in [1.29, 1.82) is 0 Å². The van der Waals surface area contributed by atoms with Gasteiger partial charge in [-0.15, -0.1) is 0 Å². The number of nitro benzene ring substituents is 1. The molecule has 0 aromatic heterocycles. The zero-order valence-corrected chi connectivity index (χ0v) is 12.5. The van der Waals surface area contributed by atoms with Crippen molar-refractivity contribution in [1.82, 2.24) is 0 Å². The van der Waals surface area contributed by atoms with E-state index in [1.807, 2.05) is 12.1 Å². The van der Waals surface area contributed by atoms with E-state index in [9.17, 15) is 14.9 Å². The summed E-state index contributed by atoms with van der Waals surface area (Å²) in [6.45, 7) is 0.315. The second kappa shape index (κ2) is 7.74. The Labute approximate surface area is 133 Å². The van der Waals surface area contributed by atoms with E-state index in [0.717, 1.165) is 11.1 Å². The van der Waals surface area contributed by atoms with Crippen LogP contribution in [0, 0.1) is 10.1 Å². The third-order valence-corrected chi connectivity index (χ3v) is 3.05. The van der Waals surface area contributed by atoms with Crippen LogP contribution in [0.4, 0.5) is 5.69 Å². The highest BCUT2D eigenvalue weighted by molar-refractivity contribution is 5.86. The number of ether oxygens (including phenoxy) is 2. The van der Waals surface area contributed by atoms with Crippen molar-refractivity contribution in [3.05, 3.63) is 75.8 Å². The zero-order chi connectivity index (χ0) is 16.7. The van der Waals surface area contributed by atoms with Crippen molar-refractivity contribution in [3.63, 3.8) is 0 Å². The summed E-state index contributed by atoms with van der Waals surface area (Å²) < 4.78 is 10.1. The molecule has 0 saturated heterocycles. The molecule has 2 aromatic rings. The maximum absolute atomic E-state index is 11.0. The molecule has 23 heavy (non-hydrogen) atoms. The van der Waals surface area contributed by atoms with Gasteiger partial charge in [0.2, 0.25) is 0 Å². The lowest BCUT2D eigenvalue weighted by molar-refractivity contribution is -0.384. The molecule has 0 saturated carbocycles. The van der Waals surface area contributed by atoms with Crippen LogP contribution in [0.2, 0.25) is 0 Å². The second-order valence-corrected chi connectivity index (χ2v) is 4.64. The first-order valence-electron chi connectivity index (χ1n) is 6.81. The Hall–Kier alpha value is -3.15. The van der Waals surface area contributed by atoms with Crippen molar-refractivity contribution in [2.75, 3.05) is 7.11 Å². The van der Waals surface area contributed by atoms with E-state index < -0.39 is 10.9 Å². The molecular weight excluding hydrogens is 298 g/mol. The van der Waals surface area contributed by atoms with Gasteiger partial charge in [-0.05, 0) is 41.5 Å². The smallest absolute Gasteiger partial charge is 0.330 e. The van der Waals surface area contributed by atoms with Crippen LogP contribution < -0.4 is 4.74 Å². The molecule has 6 heteroatoms. The average Bonchev–Trinajstić information content (AvgIpc) is 2.59. The molecule has 0 aliphatic heterocycles. The Balaban J connectivity index is 1.92. The Morgan fingerprint density at radius 3 is 2.35 bits per heavy atom. The molecule has 0 unspecified atom stereocenters. The van der Waals surface area contributed by atoms with Crippen LogP contribution in [0.25, 0.3) is 6.08 Å². The third-order valence-electron chi connectivity index (χ3n) is 3.05. The normalized spacial score (nSPS) is 10.5.